The van der Waals surface area contributed by atoms with Gasteiger partial charge in [0.2, 0.25) is 0 Å². The van der Waals surface area contributed by atoms with Crippen molar-refractivity contribution in [2.45, 2.75) is 12.8 Å². The summed E-state index contributed by atoms with van der Waals surface area (Å²) < 4.78 is 0. The number of hydrogen-bond donors (Lipinski definition) is 3. The van der Waals surface area contributed by atoms with Gasteiger partial charge in [-0.1, -0.05) is 37.3 Å². The molecule has 0 aliphatic heterocycles. The third kappa shape index (κ3) is 3.55. The molecule has 20 heavy (non-hydrogen) atoms. The van der Waals surface area contributed by atoms with Gasteiger partial charge < -0.3 is 10.7 Å². The van der Waals surface area contributed by atoms with Crippen LogP contribution in [0.25, 0.3) is 0 Å². The fraction of sp³-hybridized carbons (Fsp3) is 0.200. The fourth-order valence-electron chi connectivity index (χ4n) is 1.90. The van der Waals surface area contributed by atoms with Crippen molar-refractivity contribution >= 4 is 11.7 Å². The summed E-state index contributed by atoms with van der Waals surface area (Å²) in [5.74, 6) is 5.86. The van der Waals surface area contributed by atoms with Crippen molar-refractivity contribution in [2.75, 3.05) is 12.0 Å². The highest BCUT2D eigenvalue weighted by atomic mass is 16.1. The van der Waals surface area contributed by atoms with Crippen LogP contribution in [-0.4, -0.2) is 17.4 Å². The van der Waals surface area contributed by atoms with Gasteiger partial charge in [-0.25, -0.2) is 10.8 Å². The average molecular weight is 270 g/mol. The summed E-state index contributed by atoms with van der Waals surface area (Å²) in [6, 6.07) is 13.4. The number of nitrogens with one attached hydrogen (secondary N) is 2. The summed E-state index contributed by atoms with van der Waals surface area (Å²) in [5, 5.41) is 2.91. The number of nitrogens with two attached hydrogens (primary N) is 1. The maximum Gasteiger partial charge on any atom is 0.251 e. The Labute approximate surface area is 118 Å². The first-order valence-electron chi connectivity index (χ1n) is 6.46. The Hall–Kier alpha value is -2.40. The molecule has 1 unspecified atom stereocenters. The van der Waals surface area contributed by atoms with Crippen LogP contribution in [0.3, 0.4) is 0 Å². The van der Waals surface area contributed by atoms with Gasteiger partial charge in [0.1, 0.15) is 5.82 Å². The second-order valence-electron chi connectivity index (χ2n) is 4.60. The normalized spacial score (nSPS) is 11.7. The number of carbonyl (C=O) groups is 1. The third-order valence-corrected chi connectivity index (χ3v) is 3.11. The number of anilines is 1. The molecule has 2 rings (SSSR count). The van der Waals surface area contributed by atoms with Gasteiger partial charge in [0.25, 0.3) is 5.91 Å². The number of benzene rings is 1. The molecule has 1 aromatic heterocycles. The smallest absolute Gasteiger partial charge is 0.251 e. The molecule has 0 aliphatic carbocycles. The van der Waals surface area contributed by atoms with E-state index in [-0.39, 0.29) is 11.8 Å². The molecule has 0 bridgehead atoms. The molecule has 0 saturated heterocycles. The quantitative estimate of drug-likeness (QED) is 0.572. The summed E-state index contributed by atoms with van der Waals surface area (Å²) in [5.41, 5.74) is 4.16. The van der Waals surface area contributed by atoms with Crippen LogP contribution < -0.4 is 16.6 Å². The lowest BCUT2D eigenvalue weighted by molar-refractivity contribution is 0.0951. The first-order chi connectivity index (χ1) is 9.70. The van der Waals surface area contributed by atoms with Gasteiger partial charge in [0, 0.05) is 18.3 Å². The average Bonchev–Trinajstić information content (AvgIpc) is 2.53. The van der Waals surface area contributed by atoms with Gasteiger partial charge in [0.15, 0.2) is 0 Å². The van der Waals surface area contributed by atoms with Crippen molar-refractivity contribution in [1.82, 2.24) is 10.3 Å². The van der Waals surface area contributed by atoms with Crippen molar-refractivity contribution in [3.05, 3.63) is 59.8 Å². The second-order valence-corrected chi connectivity index (χ2v) is 4.60. The topological polar surface area (TPSA) is 80.0 Å². The minimum absolute atomic E-state index is 0.133. The second kappa shape index (κ2) is 6.68. The maximum atomic E-state index is 12.0. The molecule has 0 radical (unpaired) electrons. The van der Waals surface area contributed by atoms with E-state index in [2.05, 4.69) is 34.8 Å². The van der Waals surface area contributed by atoms with E-state index in [9.17, 15) is 4.79 Å². The fourth-order valence-corrected chi connectivity index (χ4v) is 1.90. The van der Waals surface area contributed by atoms with E-state index < -0.39 is 0 Å². The third-order valence-electron chi connectivity index (χ3n) is 3.11. The molecule has 5 nitrogen and oxygen atoms in total. The molecule has 104 valence electrons. The minimum atomic E-state index is -0.133. The van der Waals surface area contributed by atoms with Crippen LogP contribution >= 0.6 is 0 Å². The highest BCUT2D eigenvalue weighted by molar-refractivity contribution is 5.94. The number of amides is 1. The summed E-state index contributed by atoms with van der Waals surface area (Å²) in [7, 11) is 0. The molecule has 1 amide bonds. The van der Waals surface area contributed by atoms with E-state index in [1.54, 1.807) is 18.3 Å². The Balaban J connectivity index is 1.95. The van der Waals surface area contributed by atoms with Gasteiger partial charge in [0.05, 0.1) is 0 Å². The number of hydrogen-bond acceptors (Lipinski definition) is 4. The van der Waals surface area contributed by atoms with E-state index in [1.165, 1.54) is 5.56 Å². The van der Waals surface area contributed by atoms with E-state index >= 15 is 0 Å². The summed E-state index contributed by atoms with van der Waals surface area (Å²) >= 11 is 0. The van der Waals surface area contributed by atoms with Crippen molar-refractivity contribution in [2.24, 2.45) is 5.84 Å². The maximum absolute atomic E-state index is 12.0. The number of nitrogens with zero attached hydrogens (tertiary/aromatic N) is 1. The molecule has 4 N–H and O–H groups in total. The molecule has 0 spiro atoms. The predicted octanol–water partition coefficient (Wildman–Crippen LogP) is 1.90. The molecular formula is C15H18N4O. The van der Waals surface area contributed by atoms with Crippen LogP contribution in [0.4, 0.5) is 5.82 Å². The van der Waals surface area contributed by atoms with E-state index in [1.807, 2.05) is 18.2 Å². The van der Waals surface area contributed by atoms with Crippen molar-refractivity contribution < 1.29 is 4.79 Å². The molecule has 0 fully saturated rings. The first-order valence-corrected chi connectivity index (χ1v) is 6.46. The Morgan fingerprint density at radius 2 is 2.05 bits per heavy atom. The molecule has 0 saturated carbocycles. The lowest BCUT2D eigenvalue weighted by atomic mass is 10.0. The zero-order chi connectivity index (χ0) is 14.4. The lowest BCUT2D eigenvalue weighted by Crippen LogP contribution is -2.27. The van der Waals surface area contributed by atoms with Crippen molar-refractivity contribution in [3.8, 4) is 0 Å². The van der Waals surface area contributed by atoms with E-state index in [0.29, 0.717) is 17.9 Å². The molecule has 0 aliphatic rings. The predicted molar refractivity (Wildman–Crippen MR) is 79.2 cm³/mol. The van der Waals surface area contributed by atoms with Crippen LogP contribution in [0.5, 0.6) is 0 Å². The molecule has 1 aromatic carbocycles. The zero-order valence-corrected chi connectivity index (χ0v) is 11.3. The molecule has 5 heteroatoms. The van der Waals surface area contributed by atoms with Crippen LogP contribution in [-0.2, 0) is 0 Å². The first kappa shape index (κ1) is 14.0. The monoisotopic (exact) mass is 270 g/mol. The number of rotatable bonds is 5. The highest BCUT2D eigenvalue weighted by Crippen LogP contribution is 2.13. The van der Waals surface area contributed by atoms with Gasteiger partial charge >= 0.3 is 0 Å². The van der Waals surface area contributed by atoms with Gasteiger partial charge in [-0.15, -0.1) is 0 Å². The van der Waals surface area contributed by atoms with Crippen molar-refractivity contribution in [1.29, 1.82) is 0 Å². The number of carbonyl (C=O) groups excluding carboxylic acids is 1. The van der Waals surface area contributed by atoms with Crippen LogP contribution in [0.15, 0.2) is 48.7 Å². The van der Waals surface area contributed by atoms with Gasteiger partial charge in [-0.3, -0.25) is 4.79 Å². The SMILES string of the molecule is CC(CNC(=O)c1ccnc(NN)c1)c1ccccc1. The Bertz CT molecular complexity index is 571. The minimum Gasteiger partial charge on any atom is -0.351 e. The summed E-state index contributed by atoms with van der Waals surface area (Å²) in [6.07, 6.45) is 1.55. The summed E-state index contributed by atoms with van der Waals surface area (Å²) in [4.78, 5) is 16.0. The van der Waals surface area contributed by atoms with Crippen molar-refractivity contribution in [3.63, 3.8) is 0 Å². The van der Waals surface area contributed by atoms with Crippen LogP contribution in [0.2, 0.25) is 0 Å². The zero-order valence-electron chi connectivity index (χ0n) is 11.3. The largest absolute Gasteiger partial charge is 0.351 e. The van der Waals surface area contributed by atoms with Gasteiger partial charge in [-0.2, -0.15) is 0 Å². The number of pyridine rings is 1. The Morgan fingerprint density at radius 1 is 1.30 bits per heavy atom. The standard InChI is InChI=1S/C15H18N4O/c1-11(12-5-3-2-4-6-12)10-18-15(20)13-7-8-17-14(9-13)19-16/h2-9,11H,10,16H2,1H3,(H,17,19)(H,18,20). The van der Waals surface area contributed by atoms with Crippen LogP contribution in [0, 0.1) is 0 Å². The molecule has 1 heterocycles. The van der Waals surface area contributed by atoms with E-state index in [4.69, 9.17) is 5.84 Å². The highest BCUT2D eigenvalue weighted by Gasteiger charge is 2.09. The number of nitrogen functional groups attached to an aromatic ring is 1. The lowest BCUT2D eigenvalue weighted by Gasteiger charge is -2.13. The Kier molecular flexibility index (Phi) is 4.68. The summed E-state index contributed by atoms with van der Waals surface area (Å²) in [6.45, 7) is 2.66. The van der Waals surface area contributed by atoms with E-state index in [0.717, 1.165) is 0 Å². The Morgan fingerprint density at radius 3 is 2.75 bits per heavy atom. The van der Waals surface area contributed by atoms with Crippen LogP contribution in [0.1, 0.15) is 28.8 Å². The molecule has 2 aromatic rings. The number of hydrazine groups is 1. The van der Waals surface area contributed by atoms with Gasteiger partial charge in [-0.05, 0) is 23.6 Å². The molecule has 1 atom stereocenters. The molecular weight excluding hydrogens is 252 g/mol. The number of aromatic nitrogens is 1.